The zero-order chi connectivity index (χ0) is 13.8. The van der Waals surface area contributed by atoms with E-state index in [1.165, 1.54) is 0 Å². The van der Waals surface area contributed by atoms with Gasteiger partial charge in [0.25, 0.3) is 0 Å². The summed E-state index contributed by atoms with van der Waals surface area (Å²) in [6, 6.07) is 11.8. The summed E-state index contributed by atoms with van der Waals surface area (Å²) in [7, 11) is 0. The van der Waals surface area contributed by atoms with Gasteiger partial charge in [0.1, 0.15) is 0 Å². The van der Waals surface area contributed by atoms with Crippen LogP contribution in [-0.4, -0.2) is 10.1 Å². The van der Waals surface area contributed by atoms with Crippen LogP contribution in [0, 0.1) is 0 Å². The summed E-state index contributed by atoms with van der Waals surface area (Å²) >= 11 is 0. The van der Waals surface area contributed by atoms with Crippen molar-refractivity contribution in [2.45, 2.75) is 13.5 Å². The highest BCUT2D eigenvalue weighted by molar-refractivity contribution is 5.74. The van der Waals surface area contributed by atoms with Crippen molar-refractivity contribution < 1.29 is 5.11 Å². The molecule has 0 aliphatic carbocycles. The summed E-state index contributed by atoms with van der Waals surface area (Å²) < 4.78 is 0. The first-order valence-electron chi connectivity index (χ1n) is 6.16. The largest absolute Gasteiger partial charge is 0.392 e. The molecule has 0 unspecified atom stereocenters. The minimum absolute atomic E-state index is 0.0471. The molecule has 0 atom stereocenters. The maximum Gasteiger partial charge on any atom is 0.0764 e. The van der Waals surface area contributed by atoms with Gasteiger partial charge in [0, 0.05) is 16.7 Å². The van der Waals surface area contributed by atoms with E-state index >= 15 is 0 Å². The summed E-state index contributed by atoms with van der Waals surface area (Å²) in [4.78, 5) is 4.65. The Morgan fingerprint density at radius 3 is 2.53 bits per heavy atom. The normalized spacial score (nSPS) is 10.2. The Labute approximate surface area is 113 Å². The highest BCUT2D eigenvalue weighted by Crippen LogP contribution is 2.27. The molecule has 0 saturated heterocycles. The highest BCUT2D eigenvalue weighted by atomic mass is 16.3. The zero-order valence-electron chi connectivity index (χ0n) is 11.1. The van der Waals surface area contributed by atoms with Gasteiger partial charge in [0.05, 0.1) is 18.0 Å². The third-order valence-corrected chi connectivity index (χ3v) is 2.97. The number of hydrogen-bond donors (Lipinski definition) is 1. The predicted molar refractivity (Wildman–Crippen MR) is 80.4 cm³/mol. The topological polar surface area (TPSA) is 33.1 Å². The molecule has 1 aromatic heterocycles. The second-order valence-electron chi connectivity index (χ2n) is 4.44. The van der Waals surface area contributed by atoms with Crippen molar-refractivity contribution in [2.24, 2.45) is 0 Å². The third kappa shape index (κ3) is 2.64. The maximum atomic E-state index is 9.53. The van der Waals surface area contributed by atoms with Gasteiger partial charge in [0.15, 0.2) is 0 Å². The fraction of sp³-hybridized carbons (Fsp3) is 0.118. The van der Waals surface area contributed by atoms with Crippen LogP contribution in [0.1, 0.15) is 23.7 Å². The molecule has 1 heterocycles. The van der Waals surface area contributed by atoms with Gasteiger partial charge >= 0.3 is 0 Å². The number of aliphatic hydroxyl groups excluding tert-OH is 1. The molecule has 2 heteroatoms. The monoisotopic (exact) mass is 251 g/mol. The molecule has 1 N–H and O–H groups in total. The van der Waals surface area contributed by atoms with Crippen molar-refractivity contribution >= 4 is 11.6 Å². The fourth-order valence-electron chi connectivity index (χ4n) is 2.04. The molecule has 0 aliphatic heterocycles. The van der Waals surface area contributed by atoms with Crippen LogP contribution >= 0.6 is 0 Å². The number of allylic oxidation sites excluding steroid dienone is 1. The molecular formula is C17H17NO. The van der Waals surface area contributed by atoms with Gasteiger partial charge in [-0.3, -0.25) is 0 Å². The van der Waals surface area contributed by atoms with Crippen molar-refractivity contribution in [3.8, 4) is 11.3 Å². The van der Waals surface area contributed by atoms with Crippen molar-refractivity contribution in [1.82, 2.24) is 4.98 Å². The number of aromatic nitrogens is 1. The van der Waals surface area contributed by atoms with Crippen LogP contribution in [0.3, 0.4) is 0 Å². The van der Waals surface area contributed by atoms with Crippen LogP contribution in [0.25, 0.3) is 22.9 Å². The molecule has 0 saturated carbocycles. The molecule has 2 rings (SSSR count). The second-order valence-corrected chi connectivity index (χ2v) is 4.44. The maximum absolute atomic E-state index is 9.53. The Kier molecular flexibility index (Phi) is 3.93. The number of benzene rings is 1. The van der Waals surface area contributed by atoms with Crippen LogP contribution in [0.2, 0.25) is 0 Å². The van der Waals surface area contributed by atoms with Gasteiger partial charge in [-0.15, -0.1) is 0 Å². The van der Waals surface area contributed by atoms with Crippen molar-refractivity contribution in [3.05, 3.63) is 66.4 Å². The summed E-state index contributed by atoms with van der Waals surface area (Å²) in [6.07, 6.45) is 1.74. The third-order valence-electron chi connectivity index (χ3n) is 2.97. The Morgan fingerprint density at radius 1 is 1.32 bits per heavy atom. The summed E-state index contributed by atoms with van der Waals surface area (Å²) in [5.41, 5.74) is 5.20. The van der Waals surface area contributed by atoms with Gasteiger partial charge < -0.3 is 5.11 Å². The molecule has 1 aromatic carbocycles. The number of rotatable bonds is 4. The Morgan fingerprint density at radius 2 is 2.00 bits per heavy atom. The molecule has 96 valence electrons. The summed E-state index contributed by atoms with van der Waals surface area (Å²) in [5, 5.41) is 9.53. The molecule has 2 nitrogen and oxygen atoms in total. The van der Waals surface area contributed by atoms with E-state index in [0.29, 0.717) is 0 Å². The Hall–Kier alpha value is -2.19. The lowest BCUT2D eigenvalue weighted by molar-refractivity contribution is 0.282. The first-order chi connectivity index (χ1) is 9.17. The second kappa shape index (κ2) is 5.63. The van der Waals surface area contributed by atoms with Crippen LogP contribution in [0.4, 0.5) is 0 Å². The van der Waals surface area contributed by atoms with Crippen molar-refractivity contribution in [2.75, 3.05) is 0 Å². The molecule has 2 aromatic rings. The average Bonchev–Trinajstić information content (AvgIpc) is 2.46. The molecule has 0 fully saturated rings. The molecule has 0 bridgehead atoms. The molecule has 19 heavy (non-hydrogen) atoms. The van der Waals surface area contributed by atoms with Gasteiger partial charge in [0.2, 0.25) is 0 Å². The number of hydrogen-bond acceptors (Lipinski definition) is 2. The predicted octanol–water partition coefficient (Wildman–Crippen LogP) is 3.92. The van der Waals surface area contributed by atoms with E-state index in [1.54, 1.807) is 6.08 Å². The highest BCUT2D eigenvalue weighted by Gasteiger charge is 2.11. The van der Waals surface area contributed by atoms with E-state index in [9.17, 15) is 5.11 Å². The van der Waals surface area contributed by atoms with Gasteiger partial charge in [-0.25, -0.2) is 4.98 Å². The van der Waals surface area contributed by atoms with Crippen LogP contribution in [0.15, 0.2) is 49.6 Å². The molecule has 0 spiro atoms. The van der Waals surface area contributed by atoms with Crippen LogP contribution in [0.5, 0.6) is 0 Å². The first-order valence-corrected chi connectivity index (χ1v) is 6.16. The first kappa shape index (κ1) is 13.2. The lowest BCUT2D eigenvalue weighted by Gasteiger charge is -2.12. The quantitative estimate of drug-likeness (QED) is 0.893. The van der Waals surface area contributed by atoms with Crippen molar-refractivity contribution in [1.29, 1.82) is 0 Å². The minimum atomic E-state index is -0.0471. The lowest BCUT2D eigenvalue weighted by Crippen LogP contribution is -2.00. The Bertz CT molecular complexity index is 615. The smallest absolute Gasteiger partial charge is 0.0764 e. The van der Waals surface area contributed by atoms with E-state index in [0.717, 1.165) is 33.7 Å². The number of aliphatic hydroxyl groups is 1. The summed E-state index contributed by atoms with van der Waals surface area (Å²) in [5.74, 6) is 0. The van der Waals surface area contributed by atoms with Gasteiger partial charge in [-0.1, -0.05) is 49.6 Å². The number of nitrogens with zero attached hydrogens (tertiary/aromatic N) is 1. The van der Waals surface area contributed by atoms with E-state index in [-0.39, 0.29) is 6.61 Å². The zero-order valence-corrected chi connectivity index (χ0v) is 11.1. The van der Waals surface area contributed by atoms with E-state index < -0.39 is 0 Å². The van der Waals surface area contributed by atoms with E-state index in [1.807, 2.05) is 43.3 Å². The summed E-state index contributed by atoms with van der Waals surface area (Å²) in [6.45, 7) is 9.61. The van der Waals surface area contributed by atoms with Crippen LogP contribution < -0.4 is 0 Å². The molecule has 0 amide bonds. The van der Waals surface area contributed by atoms with E-state index in [2.05, 4.69) is 18.1 Å². The Balaban J connectivity index is 2.69. The van der Waals surface area contributed by atoms with Gasteiger partial charge in [-0.05, 0) is 18.6 Å². The fourth-order valence-corrected chi connectivity index (χ4v) is 2.04. The lowest BCUT2D eigenvalue weighted by atomic mass is 10.0. The van der Waals surface area contributed by atoms with E-state index in [4.69, 9.17) is 0 Å². The molecular weight excluding hydrogens is 234 g/mol. The van der Waals surface area contributed by atoms with Crippen LogP contribution in [-0.2, 0) is 6.61 Å². The molecule has 0 aliphatic rings. The van der Waals surface area contributed by atoms with Crippen molar-refractivity contribution in [3.63, 3.8) is 0 Å². The number of pyridine rings is 1. The minimum Gasteiger partial charge on any atom is -0.392 e. The standard InChI is InChI=1S/C17H17NO/c1-4-13-10-15(11-19)17(18-16(13)12(2)3)14-8-6-5-7-9-14/h4-10,19H,1-2,11H2,3H3. The molecule has 0 radical (unpaired) electrons. The SMILES string of the molecule is C=Cc1cc(CO)c(-c2ccccc2)nc1C(=C)C. The van der Waals surface area contributed by atoms with Gasteiger partial charge in [-0.2, -0.15) is 0 Å². The average molecular weight is 251 g/mol.